The molecule has 2 aliphatic heterocycles. The number of unbranched alkanes of at least 4 members (excludes halogenated alkanes) is 2. The van der Waals surface area contributed by atoms with Gasteiger partial charge in [-0.2, -0.15) is 0 Å². The van der Waals surface area contributed by atoms with Crippen LogP contribution in [-0.4, -0.2) is 151 Å². The first kappa shape index (κ1) is 98.2. The Bertz CT molecular complexity index is 5420. The van der Waals surface area contributed by atoms with Crippen molar-refractivity contribution in [2.45, 2.75) is 193 Å². The SMILES string of the molecule is CCC(=O)CCC(=O)[C@H](C)CC(=O)[C@@H]1Cc2ccc(O)c(c2)-c2cc(ccc2O)[C@H](N(C)C(=O)[C@H](CCCCN)CC(=O)c2ccc(-c3ccc(Cl)cc3)cc2)C(=O)C[C@@H](C)C(=O)N1.C[C@@H]1CC(=O)[C@@H](N(C)C(=O)[C@H](CCCCN)CC(=O)c2ccc(-c3ccc(Cl)cc3)cc2)c2ccc(O)c(c2)-c2cc(ccc2O)C[C@@H](C(=O)CCC(=O)CC2CCCC2=O)NC1=O. The summed E-state index contributed by atoms with van der Waals surface area (Å²) in [6.45, 7) is 7.18. The minimum absolute atomic E-state index is 0.00363. The molecule has 0 saturated heterocycles. The van der Waals surface area contributed by atoms with E-state index < -0.39 is 101 Å². The molecule has 4 amide bonds. The minimum atomic E-state index is -1.29. The largest absolute Gasteiger partial charge is 0.507 e. The van der Waals surface area contributed by atoms with Gasteiger partial charge in [-0.1, -0.05) is 161 Å². The number of likely N-dealkylation sites (N-methyl/N-ethyl adjacent to an activating group) is 2. The van der Waals surface area contributed by atoms with Gasteiger partial charge >= 0.3 is 0 Å². The fourth-order valence-electron chi connectivity index (χ4n) is 16.9. The van der Waals surface area contributed by atoms with E-state index >= 15 is 0 Å². The third-order valence-corrected chi connectivity index (χ3v) is 25.2. The molecule has 24 nitrogen and oxygen atoms in total. The number of nitrogens with one attached hydrogen (secondary N) is 2. The number of rotatable bonds is 34. The maximum absolute atomic E-state index is 14.7. The molecule has 10 N–H and O–H groups in total. The number of halogens is 2. The van der Waals surface area contributed by atoms with Crippen molar-refractivity contribution < 1.29 is 87.5 Å². The summed E-state index contributed by atoms with van der Waals surface area (Å²) < 4.78 is 0. The van der Waals surface area contributed by atoms with Crippen molar-refractivity contribution in [3.8, 4) is 67.5 Å². The Kier molecular flexibility index (Phi) is 35.4. The number of carbonyl (C=O) groups excluding carboxylic acids is 14. The number of hydrogen-bond donors (Lipinski definition) is 8. The highest BCUT2D eigenvalue weighted by Gasteiger charge is 2.40. The molecular formula is C102H114Cl2N6O18. The van der Waals surface area contributed by atoms with Gasteiger partial charge in [0.2, 0.25) is 23.6 Å². The molecule has 1 unspecified atom stereocenters. The van der Waals surface area contributed by atoms with E-state index in [4.69, 9.17) is 34.7 Å². The van der Waals surface area contributed by atoms with Gasteiger partial charge in [0.05, 0.1) is 12.1 Å². The lowest BCUT2D eigenvalue weighted by Gasteiger charge is -2.32. The molecule has 1 aliphatic carbocycles. The van der Waals surface area contributed by atoms with Gasteiger partial charge < -0.3 is 52.3 Å². The zero-order chi connectivity index (χ0) is 92.7. The molecule has 8 bridgehead atoms. The first-order valence-electron chi connectivity index (χ1n) is 44.0. The summed E-state index contributed by atoms with van der Waals surface area (Å²) in [4.78, 5) is 194. The quantitative estimate of drug-likeness (QED) is 0.0137. The van der Waals surface area contributed by atoms with E-state index in [0.29, 0.717) is 114 Å². The smallest absolute Gasteiger partial charge is 0.226 e. The number of phenolic OH excluding ortho intramolecular Hbond substituents is 4. The highest BCUT2D eigenvalue weighted by atomic mass is 35.5. The molecule has 128 heavy (non-hydrogen) atoms. The third kappa shape index (κ3) is 26.2. The van der Waals surface area contributed by atoms with Crippen LogP contribution < -0.4 is 22.1 Å². The Morgan fingerprint density at radius 3 is 1.23 bits per heavy atom. The number of benzene rings is 8. The van der Waals surface area contributed by atoms with Gasteiger partial charge in [-0.15, -0.1) is 0 Å². The first-order chi connectivity index (χ1) is 61.1. The van der Waals surface area contributed by atoms with Gasteiger partial charge in [0.1, 0.15) is 58.2 Å². The van der Waals surface area contributed by atoms with Crippen LogP contribution in [0.25, 0.3) is 44.5 Å². The molecule has 2 heterocycles. The molecule has 674 valence electrons. The second-order valence-electron chi connectivity index (χ2n) is 34.2. The van der Waals surface area contributed by atoms with Gasteiger partial charge in [-0.05, 0) is 182 Å². The fourth-order valence-corrected chi connectivity index (χ4v) is 17.2. The molecule has 0 spiro atoms. The summed E-state index contributed by atoms with van der Waals surface area (Å²) >= 11 is 12.1. The van der Waals surface area contributed by atoms with E-state index in [2.05, 4.69) is 10.6 Å². The molecule has 0 radical (unpaired) electrons. The van der Waals surface area contributed by atoms with Gasteiger partial charge in [-0.25, -0.2) is 0 Å². The number of phenols is 4. The lowest BCUT2D eigenvalue weighted by Crippen LogP contribution is -2.46. The van der Waals surface area contributed by atoms with Gasteiger partial charge in [0.25, 0.3) is 0 Å². The topological polar surface area (TPSA) is 402 Å². The highest BCUT2D eigenvalue weighted by molar-refractivity contribution is 6.31. The molecule has 1 fully saturated rings. The zero-order valence-electron chi connectivity index (χ0n) is 73.2. The summed E-state index contributed by atoms with van der Waals surface area (Å²) in [5, 5.41) is 51.4. The number of ketones is 10. The number of hydrogen-bond acceptors (Lipinski definition) is 20. The van der Waals surface area contributed by atoms with Crippen LogP contribution >= 0.6 is 23.2 Å². The summed E-state index contributed by atoms with van der Waals surface area (Å²) in [5.41, 5.74) is 18.4. The Balaban J connectivity index is 0.000000267. The van der Waals surface area contributed by atoms with Crippen molar-refractivity contribution in [1.82, 2.24) is 20.4 Å². The second-order valence-corrected chi connectivity index (χ2v) is 35.1. The van der Waals surface area contributed by atoms with Crippen molar-refractivity contribution in [3.63, 3.8) is 0 Å². The van der Waals surface area contributed by atoms with E-state index in [1.54, 1.807) is 100 Å². The molecule has 0 aromatic heterocycles. The summed E-state index contributed by atoms with van der Waals surface area (Å²) in [6.07, 6.45) is 3.76. The molecule has 11 rings (SSSR count). The number of nitrogens with zero attached hydrogens (tertiary/aromatic N) is 2. The monoisotopic (exact) mass is 1780 g/mol. The summed E-state index contributed by atoms with van der Waals surface area (Å²) in [6, 6.07) is 42.0. The van der Waals surface area contributed by atoms with Gasteiger partial charge in [-0.3, -0.25) is 67.1 Å². The van der Waals surface area contributed by atoms with Crippen molar-refractivity contribution in [2.75, 3.05) is 27.2 Å². The van der Waals surface area contributed by atoms with Crippen molar-refractivity contribution in [1.29, 1.82) is 0 Å². The van der Waals surface area contributed by atoms with Crippen LogP contribution in [0.3, 0.4) is 0 Å². The number of Topliss-reactive ketones (excluding diaryl/α,β-unsaturated/α-hetero) is 10. The zero-order valence-corrected chi connectivity index (χ0v) is 74.7. The number of amides is 4. The minimum Gasteiger partial charge on any atom is -0.507 e. The van der Waals surface area contributed by atoms with Crippen molar-refractivity contribution >= 4 is 105 Å². The van der Waals surface area contributed by atoms with E-state index in [-0.39, 0.29) is 163 Å². The van der Waals surface area contributed by atoms with E-state index in [9.17, 15) is 87.5 Å². The molecule has 1 saturated carbocycles. The molecule has 8 aromatic rings. The Hall–Kier alpha value is -12.0. The highest BCUT2D eigenvalue weighted by Crippen LogP contribution is 2.43. The number of aromatic hydroxyl groups is 4. The fraction of sp³-hybridized carbons (Fsp3) is 0.392. The predicted molar refractivity (Wildman–Crippen MR) is 489 cm³/mol. The van der Waals surface area contributed by atoms with Crippen LogP contribution in [0, 0.1) is 35.5 Å². The maximum atomic E-state index is 14.7. The Morgan fingerprint density at radius 1 is 0.453 bits per heavy atom. The number of carbonyl (C=O) groups is 14. The number of fused-ring (bicyclic) bond motifs is 10. The van der Waals surface area contributed by atoms with E-state index in [1.807, 2.05) is 48.5 Å². The third-order valence-electron chi connectivity index (χ3n) is 24.7. The second kappa shape index (κ2) is 46.2. The van der Waals surface area contributed by atoms with Crippen molar-refractivity contribution in [3.05, 3.63) is 213 Å². The lowest BCUT2D eigenvalue weighted by molar-refractivity contribution is -0.142. The van der Waals surface area contributed by atoms with Crippen molar-refractivity contribution in [2.24, 2.45) is 47.0 Å². The van der Waals surface area contributed by atoms with Crippen LogP contribution in [0.2, 0.25) is 10.0 Å². The molecule has 10 atom stereocenters. The maximum Gasteiger partial charge on any atom is 0.226 e. The summed E-state index contributed by atoms with van der Waals surface area (Å²) in [5.74, 6) is -10.5. The summed E-state index contributed by atoms with van der Waals surface area (Å²) in [7, 11) is 2.95. The Labute approximate surface area is 756 Å². The van der Waals surface area contributed by atoms with Crippen LogP contribution in [-0.2, 0) is 70.4 Å². The van der Waals surface area contributed by atoms with E-state index in [0.717, 1.165) is 28.7 Å². The van der Waals surface area contributed by atoms with E-state index in [1.165, 1.54) is 72.4 Å². The average Bonchev–Trinajstić information content (AvgIpc) is 0.831. The van der Waals surface area contributed by atoms with Crippen LogP contribution in [0.15, 0.2) is 170 Å². The lowest BCUT2D eigenvalue weighted by atomic mass is 9.87. The molecule has 8 aromatic carbocycles. The average molecular weight is 1780 g/mol. The molecule has 3 aliphatic rings. The van der Waals surface area contributed by atoms with Gasteiger partial charge in [0, 0.05) is 170 Å². The van der Waals surface area contributed by atoms with Gasteiger partial charge in [0.15, 0.2) is 34.7 Å². The molecular weight excluding hydrogens is 1670 g/mol. The predicted octanol–water partition coefficient (Wildman–Crippen LogP) is 16.1. The van der Waals surface area contributed by atoms with Crippen LogP contribution in [0.1, 0.15) is 211 Å². The van der Waals surface area contributed by atoms with Crippen LogP contribution in [0.4, 0.5) is 0 Å². The molecule has 26 heteroatoms. The standard InChI is InChI=1S/C51H56ClN3O9.C51H58ClN3O9/c1-30-24-48(62)49(55(2)51(64)37(6-3-4-23-53)29-47(61)34-12-10-32(11-13-34)33-14-17-38(52)18-15-33)36-16-21-45(59)41(28-36)40-25-31(9-20-44(40)58)26-42(54-50(30)63)46(60)22-19-39(56)27-35-7-5-8-43(35)57;1-5-39(56)19-22-43(57)30(2)24-47(61)42-27-32-9-20-44(58)40(26-32)41-28-36(16-21-45(41)59)49(48(62)25-31(3)50(63)54-42)55(4)51(64)37(8-6-7-23-53)29-46(60)35-12-10-33(11-13-35)34-14-17-38(52)18-15-34/h9-18,20-21,25,28,30,35,37,42,49,58-59H,3-8,19,22-24,26-27,29,53H2,1-2H3,(H,54,63);9-18,20-21,26,28,30-31,37,42,49,58-59H,5-8,19,22-25,27,29,53H2,1-4H3,(H,54,63)/t30-,35?,37-,42+,49+;30-,31-,37-,42+,49+/m11/s1. The van der Waals surface area contributed by atoms with Crippen LogP contribution in [0.5, 0.6) is 23.0 Å². The number of nitrogens with two attached hydrogens (primary N) is 2. The Morgan fingerprint density at radius 2 is 0.836 bits per heavy atom. The normalized spacial score (nSPS) is 18.4. The first-order valence-corrected chi connectivity index (χ1v) is 44.7.